The van der Waals surface area contributed by atoms with Crippen LogP contribution in [0.4, 0.5) is 22.7 Å². The summed E-state index contributed by atoms with van der Waals surface area (Å²) in [7, 11) is 0. The first-order valence-electron chi connectivity index (χ1n) is 19.0. The van der Waals surface area contributed by atoms with Crippen molar-refractivity contribution in [3.05, 3.63) is 205 Å². The highest BCUT2D eigenvalue weighted by molar-refractivity contribution is 7.99. The van der Waals surface area contributed by atoms with Crippen molar-refractivity contribution in [2.24, 2.45) is 5.92 Å². The Balaban J connectivity index is 1.23. The fourth-order valence-electron chi connectivity index (χ4n) is 8.98. The Hall–Kier alpha value is -6.07. The number of para-hydroxylation sites is 2. The molecule has 11 rings (SSSR count). The Kier molecular flexibility index (Phi) is 7.68. The molecular formula is C51H36N2S2. The van der Waals surface area contributed by atoms with Gasteiger partial charge in [0.05, 0.1) is 11.4 Å². The molecule has 55 heavy (non-hydrogen) atoms. The molecule has 2 atom stereocenters. The molecule has 0 saturated carbocycles. The molecule has 9 aromatic rings. The smallest absolute Gasteiger partial charge is 0.0598 e. The minimum Gasteiger partial charge on any atom is -0.313 e. The number of thiophene rings is 1. The molecule has 0 radical (unpaired) electrons. The van der Waals surface area contributed by atoms with Crippen LogP contribution in [0.1, 0.15) is 18.4 Å². The quantitative estimate of drug-likeness (QED) is 0.177. The summed E-state index contributed by atoms with van der Waals surface area (Å²) in [5.74, 6) is 0.118. The number of rotatable bonds is 4. The average molecular weight is 741 g/mol. The number of nitrogens with zero attached hydrogens (tertiary/aromatic N) is 2. The second-order valence-corrected chi connectivity index (χ2v) is 16.7. The van der Waals surface area contributed by atoms with Gasteiger partial charge in [0, 0.05) is 70.0 Å². The van der Waals surface area contributed by atoms with E-state index in [0.29, 0.717) is 0 Å². The molecule has 262 valence electrons. The van der Waals surface area contributed by atoms with Crippen LogP contribution in [0.2, 0.25) is 0 Å². The molecule has 0 N–H and O–H groups in total. The largest absolute Gasteiger partial charge is 0.313 e. The van der Waals surface area contributed by atoms with Crippen LogP contribution in [0, 0.1) is 5.92 Å². The number of benzene rings is 8. The standard InChI is InChI=1S/C51H36N2S2/c1-33-41(53(38-29-28-34-14-5-6-16-36(34)32-38)42-23-11-17-35-15-7-8-20-39(35)42)30-31-44-49(33)40-21-12-25-46-50(40)51-47(26-13-27-48(51)55-46)54-45-24-10-9-22-43(45)52(44)37-18-3-2-4-19-37/h2-33,49H,1H3. The maximum atomic E-state index is 2.54. The van der Waals surface area contributed by atoms with Crippen molar-refractivity contribution in [2.45, 2.75) is 22.6 Å². The van der Waals surface area contributed by atoms with Crippen molar-refractivity contribution in [3.63, 3.8) is 0 Å². The second kappa shape index (κ2) is 13.1. The van der Waals surface area contributed by atoms with Gasteiger partial charge in [-0.15, -0.1) is 11.3 Å². The van der Waals surface area contributed by atoms with Gasteiger partial charge in [-0.25, -0.2) is 0 Å². The zero-order chi connectivity index (χ0) is 36.5. The third-order valence-corrected chi connectivity index (χ3v) is 13.7. The Morgan fingerprint density at radius 1 is 0.545 bits per heavy atom. The van der Waals surface area contributed by atoms with Crippen molar-refractivity contribution in [3.8, 4) is 0 Å². The molecule has 1 aliphatic heterocycles. The van der Waals surface area contributed by atoms with E-state index in [1.807, 2.05) is 23.1 Å². The van der Waals surface area contributed by atoms with Crippen molar-refractivity contribution in [1.29, 1.82) is 0 Å². The summed E-state index contributed by atoms with van der Waals surface area (Å²) in [5, 5.41) is 7.69. The lowest BCUT2D eigenvalue weighted by molar-refractivity contribution is 0.559. The maximum Gasteiger partial charge on any atom is 0.0598 e. The molecule has 1 aromatic heterocycles. The third kappa shape index (κ3) is 5.24. The van der Waals surface area contributed by atoms with Crippen LogP contribution in [0.25, 0.3) is 41.7 Å². The number of fused-ring (bicyclic) bond motifs is 5. The van der Waals surface area contributed by atoms with Gasteiger partial charge in [0.2, 0.25) is 0 Å². The van der Waals surface area contributed by atoms with Gasteiger partial charge in [0.15, 0.2) is 0 Å². The van der Waals surface area contributed by atoms with E-state index in [1.165, 1.54) is 79.8 Å². The summed E-state index contributed by atoms with van der Waals surface area (Å²) in [4.78, 5) is 7.62. The normalized spacial score (nSPS) is 16.6. The van der Waals surface area contributed by atoms with Crippen molar-refractivity contribution in [2.75, 3.05) is 9.80 Å². The van der Waals surface area contributed by atoms with E-state index in [1.54, 1.807) is 0 Å². The Morgan fingerprint density at radius 2 is 1.24 bits per heavy atom. The van der Waals surface area contributed by atoms with Gasteiger partial charge < -0.3 is 9.80 Å². The molecular weight excluding hydrogens is 705 g/mol. The lowest BCUT2D eigenvalue weighted by atomic mass is 9.76. The van der Waals surface area contributed by atoms with Crippen molar-refractivity contribution < 1.29 is 0 Å². The van der Waals surface area contributed by atoms with Crippen LogP contribution in [0.3, 0.4) is 0 Å². The second-order valence-electron chi connectivity index (χ2n) is 14.5. The molecule has 2 aliphatic rings. The first kappa shape index (κ1) is 32.4. The number of allylic oxidation sites excluding steroid dienone is 4. The minimum absolute atomic E-state index is 0.0313. The first-order valence-corrected chi connectivity index (χ1v) is 20.6. The van der Waals surface area contributed by atoms with Gasteiger partial charge in [-0.05, 0) is 94.5 Å². The van der Waals surface area contributed by atoms with E-state index in [0.717, 1.165) is 11.4 Å². The summed E-state index contributed by atoms with van der Waals surface area (Å²) < 4.78 is 2.67. The van der Waals surface area contributed by atoms with Gasteiger partial charge in [-0.3, -0.25) is 0 Å². The lowest BCUT2D eigenvalue weighted by Gasteiger charge is -2.43. The summed E-state index contributed by atoms with van der Waals surface area (Å²) in [5.41, 5.74) is 8.62. The molecule has 0 saturated heterocycles. The summed E-state index contributed by atoms with van der Waals surface area (Å²) in [6.45, 7) is 2.45. The van der Waals surface area contributed by atoms with E-state index in [-0.39, 0.29) is 11.8 Å². The van der Waals surface area contributed by atoms with Crippen molar-refractivity contribution in [1.82, 2.24) is 0 Å². The highest BCUT2D eigenvalue weighted by Gasteiger charge is 2.38. The van der Waals surface area contributed by atoms with Gasteiger partial charge in [0.25, 0.3) is 0 Å². The highest BCUT2D eigenvalue weighted by atomic mass is 32.2. The number of hydrogen-bond acceptors (Lipinski definition) is 4. The van der Waals surface area contributed by atoms with Crippen LogP contribution in [-0.2, 0) is 0 Å². The van der Waals surface area contributed by atoms with E-state index < -0.39 is 0 Å². The maximum absolute atomic E-state index is 2.54. The molecule has 0 amide bonds. The topological polar surface area (TPSA) is 6.48 Å². The predicted octanol–water partition coefficient (Wildman–Crippen LogP) is 15.0. The van der Waals surface area contributed by atoms with E-state index in [4.69, 9.17) is 0 Å². The summed E-state index contributed by atoms with van der Waals surface area (Å²) >= 11 is 3.80. The molecule has 2 nitrogen and oxygen atoms in total. The zero-order valence-electron chi connectivity index (χ0n) is 30.3. The van der Waals surface area contributed by atoms with Gasteiger partial charge in [-0.2, -0.15) is 0 Å². The Morgan fingerprint density at radius 3 is 2.13 bits per heavy atom. The van der Waals surface area contributed by atoms with E-state index in [2.05, 4.69) is 205 Å². The summed E-state index contributed by atoms with van der Waals surface area (Å²) in [6.07, 6.45) is 4.83. The van der Waals surface area contributed by atoms with Gasteiger partial charge in [-0.1, -0.05) is 134 Å². The predicted molar refractivity (Wildman–Crippen MR) is 237 cm³/mol. The van der Waals surface area contributed by atoms with Crippen LogP contribution in [-0.4, -0.2) is 0 Å². The van der Waals surface area contributed by atoms with Crippen LogP contribution < -0.4 is 9.80 Å². The molecule has 0 spiro atoms. The third-order valence-electron chi connectivity index (χ3n) is 11.4. The van der Waals surface area contributed by atoms with Gasteiger partial charge >= 0.3 is 0 Å². The molecule has 2 heterocycles. The van der Waals surface area contributed by atoms with E-state index >= 15 is 0 Å². The molecule has 4 heteroatoms. The first-order chi connectivity index (χ1) is 27.2. The molecule has 8 aromatic carbocycles. The molecule has 0 fully saturated rings. The summed E-state index contributed by atoms with van der Waals surface area (Å²) in [6, 6.07) is 64.9. The Labute approximate surface area is 329 Å². The Bertz CT molecular complexity index is 3010. The van der Waals surface area contributed by atoms with Crippen LogP contribution in [0.5, 0.6) is 0 Å². The molecule has 2 unspecified atom stereocenters. The van der Waals surface area contributed by atoms with E-state index in [9.17, 15) is 0 Å². The zero-order valence-corrected chi connectivity index (χ0v) is 31.9. The van der Waals surface area contributed by atoms with Crippen molar-refractivity contribution >= 4 is 87.6 Å². The average Bonchev–Trinajstić information content (AvgIpc) is 3.63. The highest BCUT2D eigenvalue weighted by Crippen LogP contribution is 2.55. The molecule has 1 aliphatic carbocycles. The number of anilines is 4. The SMILES string of the molecule is CC1C(N(c2ccc3ccccc3c2)c2cccc3ccccc23)=CC=C2C1c1cccc3sc4cccc(c4c13)Sc1ccccc1N2c1ccccc1. The molecule has 0 bridgehead atoms. The van der Waals surface area contributed by atoms with Crippen LogP contribution in [0.15, 0.2) is 209 Å². The number of hydrogen-bond donors (Lipinski definition) is 0. The van der Waals surface area contributed by atoms with Gasteiger partial charge in [0.1, 0.15) is 0 Å². The van der Waals surface area contributed by atoms with Crippen LogP contribution >= 0.6 is 23.1 Å². The monoisotopic (exact) mass is 740 g/mol. The minimum atomic E-state index is 0.0313. The fraction of sp³-hybridized carbons (Fsp3) is 0.0588. The fourth-order valence-corrected chi connectivity index (χ4v) is 11.3. The lowest BCUT2D eigenvalue weighted by Crippen LogP contribution is -2.33.